The lowest BCUT2D eigenvalue weighted by molar-refractivity contribution is -0.0101. The molecule has 1 aromatic rings. The SMILES string of the molecule is Cc1cccc(OCC(O)C2CCOCC2)c1. The number of aryl methyl sites for hydroxylation is 1. The van der Waals surface area contributed by atoms with E-state index in [2.05, 4.69) is 0 Å². The van der Waals surface area contributed by atoms with E-state index in [0.29, 0.717) is 12.5 Å². The lowest BCUT2D eigenvalue weighted by Crippen LogP contribution is -2.31. The monoisotopic (exact) mass is 236 g/mol. The summed E-state index contributed by atoms with van der Waals surface area (Å²) < 4.78 is 10.9. The Morgan fingerprint density at radius 3 is 2.88 bits per heavy atom. The normalized spacial score (nSPS) is 18.9. The van der Waals surface area contributed by atoms with Crippen molar-refractivity contribution in [1.82, 2.24) is 0 Å². The molecule has 1 N–H and O–H groups in total. The van der Waals surface area contributed by atoms with Gasteiger partial charge in [0.2, 0.25) is 0 Å². The smallest absolute Gasteiger partial charge is 0.119 e. The molecule has 2 rings (SSSR count). The van der Waals surface area contributed by atoms with Crippen molar-refractivity contribution in [3.05, 3.63) is 29.8 Å². The second kappa shape index (κ2) is 6.03. The van der Waals surface area contributed by atoms with Crippen molar-refractivity contribution in [1.29, 1.82) is 0 Å². The lowest BCUT2D eigenvalue weighted by Gasteiger charge is -2.26. The molecule has 0 spiro atoms. The van der Waals surface area contributed by atoms with Gasteiger partial charge in [0.1, 0.15) is 12.4 Å². The van der Waals surface area contributed by atoms with Crippen LogP contribution in [0.15, 0.2) is 24.3 Å². The molecular weight excluding hydrogens is 216 g/mol. The highest BCUT2D eigenvalue weighted by Gasteiger charge is 2.22. The molecule has 17 heavy (non-hydrogen) atoms. The minimum atomic E-state index is -0.389. The Hall–Kier alpha value is -1.06. The molecule has 0 radical (unpaired) electrons. The van der Waals surface area contributed by atoms with Crippen LogP contribution in [-0.2, 0) is 4.74 Å². The molecule has 94 valence electrons. The van der Waals surface area contributed by atoms with Gasteiger partial charge in [-0.15, -0.1) is 0 Å². The van der Waals surface area contributed by atoms with Crippen LogP contribution in [0.3, 0.4) is 0 Å². The van der Waals surface area contributed by atoms with Gasteiger partial charge in [-0.25, -0.2) is 0 Å². The van der Waals surface area contributed by atoms with Gasteiger partial charge in [-0.05, 0) is 43.4 Å². The predicted molar refractivity (Wildman–Crippen MR) is 66.2 cm³/mol. The summed E-state index contributed by atoms with van der Waals surface area (Å²) in [6.45, 7) is 3.91. The van der Waals surface area contributed by atoms with Crippen LogP contribution in [0.4, 0.5) is 0 Å². The summed E-state index contributed by atoms with van der Waals surface area (Å²) in [5.74, 6) is 1.14. The van der Waals surface area contributed by atoms with E-state index in [4.69, 9.17) is 9.47 Å². The summed E-state index contributed by atoms with van der Waals surface area (Å²) in [6, 6.07) is 7.90. The van der Waals surface area contributed by atoms with Gasteiger partial charge < -0.3 is 14.6 Å². The zero-order chi connectivity index (χ0) is 12.1. The number of hydrogen-bond donors (Lipinski definition) is 1. The summed E-state index contributed by atoms with van der Waals surface area (Å²) >= 11 is 0. The van der Waals surface area contributed by atoms with Crippen LogP contribution in [0.1, 0.15) is 18.4 Å². The maximum absolute atomic E-state index is 10.0. The van der Waals surface area contributed by atoms with Crippen LogP contribution in [0.2, 0.25) is 0 Å². The van der Waals surface area contributed by atoms with Crippen molar-refractivity contribution in [3.8, 4) is 5.75 Å². The van der Waals surface area contributed by atoms with Crippen molar-refractivity contribution >= 4 is 0 Å². The maximum Gasteiger partial charge on any atom is 0.119 e. The third kappa shape index (κ3) is 3.72. The van der Waals surface area contributed by atoms with Crippen molar-refractivity contribution in [2.45, 2.75) is 25.9 Å². The highest BCUT2D eigenvalue weighted by molar-refractivity contribution is 5.27. The van der Waals surface area contributed by atoms with Crippen molar-refractivity contribution < 1.29 is 14.6 Å². The standard InChI is InChI=1S/C14H20O3/c1-11-3-2-4-13(9-11)17-10-14(15)12-5-7-16-8-6-12/h2-4,9,12,14-15H,5-8,10H2,1H3. The Labute approximate surface area is 102 Å². The first-order valence-electron chi connectivity index (χ1n) is 6.21. The molecule has 1 aliphatic rings. The van der Waals surface area contributed by atoms with E-state index in [1.165, 1.54) is 5.56 Å². The first-order chi connectivity index (χ1) is 8.25. The highest BCUT2D eigenvalue weighted by Crippen LogP contribution is 2.20. The second-order valence-corrected chi connectivity index (χ2v) is 4.64. The minimum Gasteiger partial charge on any atom is -0.491 e. The second-order valence-electron chi connectivity index (χ2n) is 4.64. The van der Waals surface area contributed by atoms with E-state index in [1.807, 2.05) is 31.2 Å². The van der Waals surface area contributed by atoms with Gasteiger partial charge >= 0.3 is 0 Å². The molecule has 1 aliphatic heterocycles. The number of benzene rings is 1. The highest BCUT2D eigenvalue weighted by atomic mass is 16.5. The molecule has 3 nitrogen and oxygen atoms in total. The zero-order valence-corrected chi connectivity index (χ0v) is 10.3. The third-order valence-electron chi connectivity index (χ3n) is 3.22. The number of aliphatic hydroxyl groups is 1. The topological polar surface area (TPSA) is 38.7 Å². The summed E-state index contributed by atoms with van der Waals surface area (Å²) in [7, 11) is 0. The van der Waals surface area contributed by atoms with Crippen molar-refractivity contribution in [3.63, 3.8) is 0 Å². The van der Waals surface area contributed by atoms with Crippen molar-refractivity contribution in [2.24, 2.45) is 5.92 Å². The summed E-state index contributed by atoms with van der Waals surface area (Å²) in [5.41, 5.74) is 1.17. The van der Waals surface area contributed by atoms with Gasteiger partial charge in [0.25, 0.3) is 0 Å². The molecule has 1 saturated heterocycles. The van der Waals surface area contributed by atoms with E-state index in [-0.39, 0.29) is 6.10 Å². The summed E-state index contributed by atoms with van der Waals surface area (Å²) in [5, 5.41) is 10.0. The van der Waals surface area contributed by atoms with E-state index >= 15 is 0 Å². The number of rotatable bonds is 4. The van der Waals surface area contributed by atoms with Crippen LogP contribution in [0.5, 0.6) is 5.75 Å². The van der Waals surface area contributed by atoms with Gasteiger partial charge in [0.05, 0.1) is 6.10 Å². The predicted octanol–water partition coefficient (Wildman–Crippen LogP) is 2.16. The molecule has 1 atom stereocenters. The first kappa shape index (κ1) is 12.4. The molecule has 0 aliphatic carbocycles. The molecule has 1 aromatic carbocycles. The fourth-order valence-corrected chi connectivity index (χ4v) is 2.12. The first-order valence-corrected chi connectivity index (χ1v) is 6.21. The van der Waals surface area contributed by atoms with E-state index < -0.39 is 0 Å². The van der Waals surface area contributed by atoms with Crippen LogP contribution < -0.4 is 4.74 Å². The third-order valence-corrected chi connectivity index (χ3v) is 3.22. The average Bonchev–Trinajstić information content (AvgIpc) is 2.37. The van der Waals surface area contributed by atoms with Crippen molar-refractivity contribution in [2.75, 3.05) is 19.8 Å². The number of aliphatic hydroxyl groups excluding tert-OH is 1. The minimum absolute atomic E-state index is 0.313. The Morgan fingerprint density at radius 1 is 1.41 bits per heavy atom. The Bertz CT molecular complexity index is 345. The van der Waals surface area contributed by atoms with E-state index in [9.17, 15) is 5.11 Å². The molecular formula is C14H20O3. The number of hydrogen-bond acceptors (Lipinski definition) is 3. The molecule has 0 saturated carbocycles. The van der Waals surface area contributed by atoms with Crippen LogP contribution in [0, 0.1) is 12.8 Å². The zero-order valence-electron chi connectivity index (χ0n) is 10.3. The van der Waals surface area contributed by atoms with Gasteiger partial charge in [0, 0.05) is 13.2 Å². The van der Waals surface area contributed by atoms with Crippen LogP contribution in [-0.4, -0.2) is 31.0 Å². The van der Waals surface area contributed by atoms with E-state index in [1.54, 1.807) is 0 Å². The molecule has 0 aromatic heterocycles. The van der Waals surface area contributed by atoms with E-state index in [0.717, 1.165) is 31.8 Å². The quantitative estimate of drug-likeness (QED) is 0.870. The maximum atomic E-state index is 10.0. The largest absolute Gasteiger partial charge is 0.491 e. The molecule has 3 heteroatoms. The molecule has 1 fully saturated rings. The lowest BCUT2D eigenvalue weighted by atomic mass is 9.94. The van der Waals surface area contributed by atoms with Gasteiger partial charge in [0.15, 0.2) is 0 Å². The summed E-state index contributed by atoms with van der Waals surface area (Å²) in [6.07, 6.45) is 1.47. The fraction of sp³-hybridized carbons (Fsp3) is 0.571. The Morgan fingerprint density at radius 2 is 2.18 bits per heavy atom. The molecule has 1 heterocycles. The Balaban J connectivity index is 1.80. The average molecular weight is 236 g/mol. The fourth-order valence-electron chi connectivity index (χ4n) is 2.12. The molecule has 1 unspecified atom stereocenters. The Kier molecular flexibility index (Phi) is 4.40. The summed E-state index contributed by atoms with van der Waals surface area (Å²) in [4.78, 5) is 0. The molecule has 0 amide bonds. The van der Waals surface area contributed by atoms with Crippen LogP contribution in [0.25, 0.3) is 0 Å². The van der Waals surface area contributed by atoms with Crippen LogP contribution >= 0.6 is 0 Å². The van der Waals surface area contributed by atoms with Gasteiger partial charge in [-0.3, -0.25) is 0 Å². The van der Waals surface area contributed by atoms with Gasteiger partial charge in [-0.1, -0.05) is 12.1 Å². The molecule has 0 bridgehead atoms. The number of ether oxygens (including phenoxy) is 2. The van der Waals surface area contributed by atoms with Gasteiger partial charge in [-0.2, -0.15) is 0 Å².